The van der Waals surface area contributed by atoms with Crippen LogP contribution >= 0.6 is 27.5 Å². The van der Waals surface area contributed by atoms with Crippen LogP contribution in [0.25, 0.3) is 0 Å². The van der Waals surface area contributed by atoms with E-state index in [9.17, 15) is 0 Å². The van der Waals surface area contributed by atoms with E-state index in [-0.39, 0.29) is 0 Å². The van der Waals surface area contributed by atoms with Gasteiger partial charge >= 0.3 is 0 Å². The fourth-order valence-corrected chi connectivity index (χ4v) is 2.58. The van der Waals surface area contributed by atoms with E-state index in [1.807, 2.05) is 30.3 Å². The molecule has 2 rings (SSSR count). The van der Waals surface area contributed by atoms with Gasteiger partial charge in [0.15, 0.2) is 0 Å². The third kappa shape index (κ3) is 5.34. The summed E-state index contributed by atoms with van der Waals surface area (Å²) >= 11 is 9.52. The summed E-state index contributed by atoms with van der Waals surface area (Å²) in [4.78, 5) is 0. The molecule has 2 nitrogen and oxygen atoms in total. The third-order valence-corrected chi connectivity index (χ3v) is 3.72. The van der Waals surface area contributed by atoms with E-state index in [1.165, 1.54) is 5.56 Å². The minimum Gasteiger partial charge on any atom is -0.456 e. The van der Waals surface area contributed by atoms with Crippen molar-refractivity contribution in [3.05, 3.63) is 57.5 Å². The minimum absolute atomic E-state index is 0.590. The predicted molar refractivity (Wildman–Crippen MR) is 92.2 cm³/mol. The van der Waals surface area contributed by atoms with Crippen LogP contribution in [-0.4, -0.2) is 6.54 Å². The topological polar surface area (TPSA) is 21.3 Å². The number of hydrogen-bond donors (Lipinski definition) is 1. The van der Waals surface area contributed by atoms with Gasteiger partial charge in [-0.3, -0.25) is 0 Å². The van der Waals surface area contributed by atoms with Crippen molar-refractivity contribution < 1.29 is 4.74 Å². The van der Waals surface area contributed by atoms with Crippen molar-refractivity contribution in [3.8, 4) is 11.5 Å². The second kappa shape index (κ2) is 7.83. The Labute approximate surface area is 139 Å². The first kappa shape index (κ1) is 16.3. The molecule has 0 amide bonds. The van der Waals surface area contributed by atoms with E-state index in [4.69, 9.17) is 16.3 Å². The normalized spacial score (nSPS) is 10.9. The molecule has 0 aromatic heterocycles. The highest BCUT2D eigenvalue weighted by atomic mass is 79.9. The summed E-state index contributed by atoms with van der Waals surface area (Å²) in [6.07, 6.45) is 0. The molecule has 0 fully saturated rings. The molecular formula is C17H19BrClNO. The van der Waals surface area contributed by atoms with E-state index in [1.54, 1.807) is 0 Å². The molecule has 0 aliphatic rings. The molecule has 2 aromatic carbocycles. The average molecular weight is 369 g/mol. The van der Waals surface area contributed by atoms with Crippen LogP contribution in [0.4, 0.5) is 0 Å². The van der Waals surface area contributed by atoms with Crippen LogP contribution in [0.15, 0.2) is 46.9 Å². The fraction of sp³-hybridized carbons (Fsp3) is 0.294. The van der Waals surface area contributed by atoms with Crippen molar-refractivity contribution in [1.82, 2.24) is 5.32 Å². The van der Waals surface area contributed by atoms with Gasteiger partial charge in [0.25, 0.3) is 0 Å². The zero-order valence-corrected chi connectivity index (χ0v) is 14.5. The Morgan fingerprint density at radius 2 is 1.86 bits per heavy atom. The molecule has 0 heterocycles. The number of hydrogen-bond acceptors (Lipinski definition) is 2. The van der Waals surface area contributed by atoms with Gasteiger partial charge < -0.3 is 10.1 Å². The molecule has 0 aliphatic heterocycles. The largest absolute Gasteiger partial charge is 0.456 e. The summed E-state index contributed by atoms with van der Waals surface area (Å²) in [5, 5.41) is 4.01. The summed E-state index contributed by atoms with van der Waals surface area (Å²) < 4.78 is 6.73. The molecule has 21 heavy (non-hydrogen) atoms. The van der Waals surface area contributed by atoms with Crippen LogP contribution in [0, 0.1) is 5.92 Å². The van der Waals surface area contributed by atoms with Gasteiger partial charge in [0, 0.05) is 11.0 Å². The maximum atomic E-state index is 6.14. The Morgan fingerprint density at radius 3 is 2.48 bits per heavy atom. The maximum absolute atomic E-state index is 6.14. The maximum Gasteiger partial charge on any atom is 0.146 e. The lowest BCUT2D eigenvalue weighted by Gasteiger charge is -2.10. The Hall–Kier alpha value is -1.03. The SMILES string of the molecule is CC(C)CNCc1ccc(Oc2ccc(Br)cc2Cl)cc1. The average Bonchev–Trinajstić information content (AvgIpc) is 2.43. The first-order valence-corrected chi connectivity index (χ1v) is 8.14. The molecule has 0 radical (unpaired) electrons. The number of rotatable bonds is 6. The van der Waals surface area contributed by atoms with E-state index < -0.39 is 0 Å². The number of halogens is 2. The molecule has 112 valence electrons. The second-order valence-electron chi connectivity index (χ2n) is 5.35. The molecule has 1 N–H and O–H groups in total. The summed E-state index contributed by atoms with van der Waals surface area (Å²) in [7, 11) is 0. The smallest absolute Gasteiger partial charge is 0.146 e. The first-order chi connectivity index (χ1) is 10.0. The summed E-state index contributed by atoms with van der Waals surface area (Å²) in [5.74, 6) is 2.10. The minimum atomic E-state index is 0.590. The quantitative estimate of drug-likeness (QED) is 0.712. The Bertz CT molecular complexity index is 584. The summed E-state index contributed by atoms with van der Waals surface area (Å²) in [5.41, 5.74) is 1.24. The number of nitrogens with one attached hydrogen (secondary N) is 1. The van der Waals surface area contributed by atoms with Crippen LogP contribution in [0.3, 0.4) is 0 Å². The molecule has 0 unspecified atom stereocenters. The third-order valence-electron chi connectivity index (χ3n) is 2.93. The van der Waals surface area contributed by atoms with Crippen molar-refractivity contribution in [2.24, 2.45) is 5.92 Å². The van der Waals surface area contributed by atoms with Crippen molar-refractivity contribution >= 4 is 27.5 Å². The highest BCUT2D eigenvalue weighted by Crippen LogP contribution is 2.31. The van der Waals surface area contributed by atoms with Gasteiger partial charge in [0.1, 0.15) is 11.5 Å². The molecule has 0 spiro atoms. The van der Waals surface area contributed by atoms with Crippen LogP contribution in [0.5, 0.6) is 11.5 Å². The monoisotopic (exact) mass is 367 g/mol. The molecule has 2 aromatic rings. The van der Waals surface area contributed by atoms with Crippen molar-refractivity contribution in [2.75, 3.05) is 6.54 Å². The van der Waals surface area contributed by atoms with E-state index in [2.05, 4.69) is 47.2 Å². The molecule has 0 saturated carbocycles. The molecule has 4 heteroatoms. The Morgan fingerprint density at radius 1 is 1.14 bits per heavy atom. The Balaban J connectivity index is 1.95. The van der Waals surface area contributed by atoms with Crippen LogP contribution in [-0.2, 0) is 6.54 Å². The van der Waals surface area contributed by atoms with Gasteiger partial charge in [-0.05, 0) is 48.4 Å². The second-order valence-corrected chi connectivity index (χ2v) is 6.67. The van der Waals surface area contributed by atoms with Crippen molar-refractivity contribution in [2.45, 2.75) is 20.4 Å². The summed E-state index contributed by atoms with van der Waals surface area (Å²) in [6, 6.07) is 13.6. The molecular weight excluding hydrogens is 350 g/mol. The highest BCUT2D eigenvalue weighted by Gasteiger charge is 2.04. The Kier molecular flexibility index (Phi) is 6.09. The zero-order chi connectivity index (χ0) is 15.2. The highest BCUT2D eigenvalue weighted by molar-refractivity contribution is 9.10. The lowest BCUT2D eigenvalue weighted by molar-refractivity contribution is 0.482. The standard InChI is InChI=1S/C17H19BrClNO/c1-12(2)10-20-11-13-3-6-15(7-4-13)21-17-8-5-14(18)9-16(17)19/h3-9,12,20H,10-11H2,1-2H3. The van der Waals surface area contributed by atoms with Crippen LogP contribution < -0.4 is 10.1 Å². The van der Waals surface area contributed by atoms with Crippen molar-refractivity contribution in [3.63, 3.8) is 0 Å². The molecule has 0 bridgehead atoms. The van der Waals surface area contributed by atoms with Crippen LogP contribution in [0.1, 0.15) is 19.4 Å². The van der Waals surface area contributed by atoms with Crippen LogP contribution in [0.2, 0.25) is 5.02 Å². The number of ether oxygens (including phenoxy) is 1. The van der Waals surface area contributed by atoms with Gasteiger partial charge in [0.2, 0.25) is 0 Å². The summed E-state index contributed by atoms with van der Waals surface area (Å²) in [6.45, 7) is 6.29. The lowest BCUT2D eigenvalue weighted by Crippen LogP contribution is -2.18. The van der Waals surface area contributed by atoms with E-state index in [0.29, 0.717) is 16.7 Å². The van der Waals surface area contributed by atoms with Gasteiger partial charge in [-0.25, -0.2) is 0 Å². The fourth-order valence-electron chi connectivity index (χ4n) is 1.87. The molecule has 0 aliphatic carbocycles. The van der Waals surface area contributed by atoms with Gasteiger partial charge in [-0.15, -0.1) is 0 Å². The van der Waals surface area contributed by atoms with E-state index >= 15 is 0 Å². The predicted octanol–water partition coefficient (Wildman–Crippen LogP) is 5.64. The van der Waals surface area contributed by atoms with Gasteiger partial charge in [0.05, 0.1) is 5.02 Å². The lowest BCUT2D eigenvalue weighted by atomic mass is 10.2. The first-order valence-electron chi connectivity index (χ1n) is 6.97. The van der Waals surface area contributed by atoms with Crippen molar-refractivity contribution in [1.29, 1.82) is 0 Å². The van der Waals surface area contributed by atoms with Gasteiger partial charge in [-0.1, -0.05) is 53.5 Å². The molecule has 0 atom stereocenters. The molecule has 0 saturated heterocycles. The number of benzene rings is 2. The van der Waals surface area contributed by atoms with E-state index in [0.717, 1.165) is 23.3 Å². The van der Waals surface area contributed by atoms with Gasteiger partial charge in [-0.2, -0.15) is 0 Å². The zero-order valence-electron chi connectivity index (χ0n) is 12.2.